The van der Waals surface area contributed by atoms with Crippen LogP contribution in [0.5, 0.6) is 17.2 Å². The Morgan fingerprint density at radius 3 is 1.84 bits per heavy atom. The summed E-state index contributed by atoms with van der Waals surface area (Å²) in [5, 5.41) is 24.2. The topological polar surface area (TPSA) is 101 Å². The molecule has 2 aromatic rings. The summed E-state index contributed by atoms with van der Waals surface area (Å²) in [4.78, 5) is 0. The smallest absolute Gasteiger partial charge is 0.161 e. The number of aliphatic hydroxyl groups excluding tert-OH is 2. The van der Waals surface area contributed by atoms with Gasteiger partial charge in [-0.2, -0.15) is 0 Å². The minimum absolute atomic E-state index is 0. The van der Waals surface area contributed by atoms with Crippen LogP contribution in [0.3, 0.4) is 0 Å². The van der Waals surface area contributed by atoms with Crippen LogP contribution in [-0.4, -0.2) is 68.9 Å². The molecule has 0 radical (unpaired) electrons. The van der Waals surface area contributed by atoms with Crippen molar-refractivity contribution in [1.82, 2.24) is 0 Å². The molecule has 0 aliphatic rings. The summed E-state index contributed by atoms with van der Waals surface area (Å²) < 4.78 is 16.4. The van der Waals surface area contributed by atoms with E-state index < -0.39 is 12.2 Å². The van der Waals surface area contributed by atoms with E-state index in [9.17, 15) is 10.2 Å². The van der Waals surface area contributed by atoms with E-state index in [1.54, 1.807) is 7.11 Å². The van der Waals surface area contributed by atoms with Gasteiger partial charge in [0, 0.05) is 6.42 Å². The molecule has 0 amide bonds. The molecule has 176 valence electrons. The second-order valence-corrected chi connectivity index (χ2v) is 6.87. The third kappa shape index (κ3) is 12.6. The first-order chi connectivity index (χ1) is 14.2. The maximum atomic E-state index is 10.1. The summed E-state index contributed by atoms with van der Waals surface area (Å²) in [5.41, 5.74) is 0. The number of quaternary nitrogens is 2. The van der Waals surface area contributed by atoms with Crippen LogP contribution in [0.1, 0.15) is 6.42 Å². The summed E-state index contributed by atoms with van der Waals surface area (Å²) in [7, 11) is 1.60. The van der Waals surface area contributed by atoms with Gasteiger partial charge in [-0.05, 0) is 24.3 Å². The van der Waals surface area contributed by atoms with E-state index in [1.165, 1.54) is 0 Å². The lowest BCUT2D eigenvalue weighted by Crippen LogP contribution is -3.00. The molecule has 2 unspecified atom stereocenters. The van der Waals surface area contributed by atoms with Crippen molar-refractivity contribution in [3.8, 4) is 17.2 Å². The quantitative estimate of drug-likeness (QED) is 0.191. The molecule has 0 fully saturated rings. The van der Waals surface area contributed by atoms with Crippen LogP contribution in [0, 0.1) is 0 Å². The second-order valence-electron chi connectivity index (χ2n) is 6.87. The number of para-hydroxylation sites is 3. The Balaban J connectivity index is 0.00000450. The molecule has 0 bridgehead atoms. The molecule has 0 heterocycles. The highest BCUT2D eigenvalue weighted by atomic mass is 35.5. The fraction of sp³-hybridized carbons (Fsp3) is 0.455. The van der Waals surface area contributed by atoms with Gasteiger partial charge in [0.05, 0.1) is 20.2 Å². The monoisotopic (exact) mass is 476 g/mol. The number of hydrogen-bond donors (Lipinski definition) is 4. The highest BCUT2D eigenvalue weighted by Gasteiger charge is 2.10. The van der Waals surface area contributed by atoms with E-state index in [-0.39, 0.29) is 31.4 Å². The minimum Gasteiger partial charge on any atom is -1.00 e. The van der Waals surface area contributed by atoms with Gasteiger partial charge in [-0.3, -0.25) is 0 Å². The van der Waals surface area contributed by atoms with Gasteiger partial charge in [0.1, 0.15) is 44.3 Å². The zero-order valence-electron chi connectivity index (χ0n) is 17.8. The van der Waals surface area contributed by atoms with Crippen molar-refractivity contribution in [1.29, 1.82) is 0 Å². The van der Waals surface area contributed by atoms with Gasteiger partial charge in [-0.1, -0.05) is 30.3 Å². The summed E-state index contributed by atoms with van der Waals surface area (Å²) in [5.74, 6) is 2.07. The SMILES string of the molecule is COc1ccccc1OCC(O)C[NH2+]CCC[NH2+]CC(O)COc1ccccc1.[Cl-].[Cl-]. The molecule has 0 aliphatic carbocycles. The molecule has 0 saturated heterocycles. The number of ether oxygens (including phenoxy) is 3. The Labute approximate surface area is 196 Å². The highest BCUT2D eigenvalue weighted by Crippen LogP contribution is 2.25. The Morgan fingerprint density at radius 1 is 0.742 bits per heavy atom. The number of halogens is 2. The predicted molar refractivity (Wildman–Crippen MR) is 110 cm³/mol. The van der Waals surface area contributed by atoms with Crippen LogP contribution in [0.15, 0.2) is 54.6 Å². The Bertz CT molecular complexity index is 682. The van der Waals surface area contributed by atoms with E-state index >= 15 is 0 Å². The van der Waals surface area contributed by atoms with E-state index in [0.717, 1.165) is 25.3 Å². The van der Waals surface area contributed by atoms with Gasteiger partial charge in [-0.25, -0.2) is 0 Å². The Hall–Kier alpha value is -1.74. The third-order valence-electron chi connectivity index (χ3n) is 4.38. The molecule has 2 rings (SSSR count). The fourth-order valence-electron chi connectivity index (χ4n) is 2.80. The summed E-state index contributed by atoms with van der Waals surface area (Å²) in [6.45, 7) is 3.57. The lowest BCUT2D eigenvalue weighted by atomic mass is 10.3. The Kier molecular flexibility index (Phi) is 16.9. The molecule has 0 aromatic heterocycles. The predicted octanol–water partition coefficient (Wildman–Crippen LogP) is -6.60. The van der Waals surface area contributed by atoms with Crippen LogP contribution in [-0.2, 0) is 0 Å². The largest absolute Gasteiger partial charge is 1.00 e. The average molecular weight is 477 g/mol. The van der Waals surface area contributed by atoms with Crippen LogP contribution < -0.4 is 49.7 Å². The first kappa shape index (κ1) is 29.3. The lowest BCUT2D eigenvalue weighted by molar-refractivity contribution is -0.686. The van der Waals surface area contributed by atoms with Gasteiger partial charge < -0.3 is 59.9 Å². The molecule has 0 spiro atoms. The van der Waals surface area contributed by atoms with Crippen molar-refractivity contribution in [2.75, 3.05) is 46.5 Å². The summed E-state index contributed by atoms with van der Waals surface area (Å²) in [6.07, 6.45) is -0.0409. The number of nitrogens with two attached hydrogens (primary N) is 2. The fourth-order valence-corrected chi connectivity index (χ4v) is 2.80. The van der Waals surface area contributed by atoms with Crippen LogP contribution >= 0.6 is 0 Å². The van der Waals surface area contributed by atoms with Crippen molar-refractivity contribution < 1.29 is 59.9 Å². The molecule has 0 saturated carbocycles. The average Bonchev–Trinajstić information content (AvgIpc) is 2.76. The summed E-state index contributed by atoms with van der Waals surface area (Å²) in [6, 6.07) is 16.9. The van der Waals surface area contributed by atoms with Crippen LogP contribution in [0.2, 0.25) is 0 Å². The number of benzene rings is 2. The van der Waals surface area contributed by atoms with E-state index in [0.29, 0.717) is 31.2 Å². The van der Waals surface area contributed by atoms with Crippen molar-refractivity contribution in [3.05, 3.63) is 54.6 Å². The molecule has 2 atom stereocenters. The van der Waals surface area contributed by atoms with Gasteiger partial charge in [0.2, 0.25) is 0 Å². The van der Waals surface area contributed by atoms with Crippen molar-refractivity contribution >= 4 is 0 Å². The molecular formula is C22H34Cl2N2O5. The van der Waals surface area contributed by atoms with Gasteiger partial charge >= 0.3 is 0 Å². The molecular weight excluding hydrogens is 443 g/mol. The zero-order valence-corrected chi connectivity index (χ0v) is 19.3. The van der Waals surface area contributed by atoms with E-state index in [1.807, 2.05) is 54.6 Å². The lowest BCUT2D eigenvalue weighted by Gasteiger charge is -2.13. The number of rotatable bonds is 15. The highest BCUT2D eigenvalue weighted by molar-refractivity contribution is 5.39. The first-order valence-electron chi connectivity index (χ1n) is 10.1. The number of aliphatic hydroxyl groups is 2. The molecule has 31 heavy (non-hydrogen) atoms. The van der Waals surface area contributed by atoms with Crippen molar-refractivity contribution in [2.24, 2.45) is 0 Å². The van der Waals surface area contributed by atoms with Crippen molar-refractivity contribution in [2.45, 2.75) is 18.6 Å². The maximum Gasteiger partial charge on any atom is 0.161 e. The van der Waals surface area contributed by atoms with E-state index in [4.69, 9.17) is 14.2 Å². The minimum atomic E-state index is -0.541. The number of methoxy groups -OCH3 is 1. The van der Waals surface area contributed by atoms with Crippen LogP contribution in [0.4, 0.5) is 0 Å². The molecule has 2 aromatic carbocycles. The third-order valence-corrected chi connectivity index (χ3v) is 4.38. The van der Waals surface area contributed by atoms with Gasteiger partial charge in [0.15, 0.2) is 11.5 Å². The first-order valence-corrected chi connectivity index (χ1v) is 10.1. The van der Waals surface area contributed by atoms with Crippen LogP contribution in [0.25, 0.3) is 0 Å². The summed E-state index contributed by atoms with van der Waals surface area (Å²) >= 11 is 0. The number of hydrogen-bond acceptors (Lipinski definition) is 5. The molecule has 6 N–H and O–H groups in total. The standard InChI is InChI=1S/C22H32N2O5.2ClH/c1-27-21-10-5-6-11-22(21)29-17-19(26)15-24-13-7-12-23-14-18(25)16-28-20-8-3-2-4-9-20;;/h2-6,8-11,18-19,23-26H,7,12-17H2,1H3;2*1H. The Morgan fingerprint density at radius 2 is 1.26 bits per heavy atom. The van der Waals surface area contributed by atoms with Gasteiger partial charge in [0.25, 0.3) is 0 Å². The van der Waals surface area contributed by atoms with E-state index in [2.05, 4.69) is 10.6 Å². The maximum absolute atomic E-state index is 10.1. The van der Waals surface area contributed by atoms with Crippen molar-refractivity contribution in [3.63, 3.8) is 0 Å². The molecule has 0 aliphatic heterocycles. The normalized spacial score (nSPS) is 12.1. The molecule has 7 nitrogen and oxygen atoms in total. The zero-order chi connectivity index (χ0) is 20.7. The van der Waals surface area contributed by atoms with Gasteiger partial charge in [-0.15, -0.1) is 0 Å². The molecule has 9 heteroatoms. The second kappa shape index (κ2) is 17.9.